The van der Waals surface area contributed by atoms with Crippen LogP contribution in [-0.2, 0) is 15.3 Å². The van der Waals surface area contributed by atoms with Gasteiger partial charge in [0.2, 0.25) is 0 Å². The van der Waals surface area contributed by atoms with Crippen molar-refractivity contribution in [2.75, 3.05) is 38.2 Å². The Morgan fingerprint density at radius 3 is 2.19 bits per heavy atom. The predicted molar refractivity (Wildman–Crippen MR) is 151 cm³/mol. The van der Waals surface area contributed by atoms with Gasteiger partial charge in [-0.15, -0.1) is 0 Å². The Morgan fingerprint density at radius 2 is 1.52 bits per heavy atom. The molecule has 1 heterocycles. The van der Waals surface area contributed by atoms with E-state index in [0.717, 1.165) is 43.4 Å². The van der Waals surface area contributed by atoms with E-state index in [9.17, 15) is 40.6 Å². The maximum absolute atomic E-state index is 13.0. The molecule has 2 atom stereocenters. The number of ether oxygens (including phenoxy) is 1. The Morgan fingerprint density at radius 1 is 0.905 bits per heavy atom. The number of phenols is 2. The zero-order chi connectivity index (χ0) is 31.2. The number of alkyl halides is 5. The van der Waals surface area contributed by atoms with Crippen molar-refractivity contribution in [3.05, 3.63) is 53.6 Å². The highest BCUT2D eigenvalue weighted by Crippen LogP contribution is 2.49. The van der Waals surface area contributed by atoms with Crippen molar-refractivity contribution in [3.8, 4) is 17.2 Å². The number of halogens is 5. The van der Waals surface area contributed by atoms with Crippen LogP contribution in [0.3, 0.4) is 0 Å². The number of benzene rings is 2. The average Bonchev–Trinajstić information content (AvgIpc) is 2.89. The molecule has 0 fully saturated rings. The van der Waals surface area contributed by atoms with E-state index < -0.39 is 40.5 Å². The monoisotopic (exact) mass is 621 g/mol. The lowest BCUT2D eigenvalue weighted by molar-refractivity contribution is -0.284. The van der Waals surface area contributed by atoms with Crippen molar-refractivity contribution >= 4 is 9.84 Å². The molecule has 0 bridgehead atoms. The molecule has 1 aliphatic rings. The average molecular weight is 622 g/mol. The first-order valence-corrected chi connectivity index (χ1v) is 15.9. The summed E-state index contributed by atoms with van der Waals surface area (Å²) in [5, 5.41) is 19.7. The minimum absolute atomic E-state index is 0.116. The van der Waals surface area contributed by atoms with Crippen LogP contribution in [-0.4, -0.2) is 73.9 Å². The van der Waals surface area contributed by atoms with Crippen molar-refractivity contribution in [2.45, 2.75) is 75.3 Å². The summed E-state index contributed by atoms with van der Waals surface area (Å²) >= 11 is 0. The second kappa shape index (κ2) is 13.8. The Balaban J connectivity index is 1.44. The number of rotatable bonds is 15. The largest absolute Gasteiger partial charge is 0.508 e. The van der Waals surface area contributed by atoms with Crippen LogP contribution < -0.4 is 4.74 Å². The van der Waals surface area contributed by atoms with Crippen LogP contribution in [0.1, 0.15) is 68.9 Å². The lowest BCUT2D eigenvalue weighted by atomic mass is 9.66. The minimum Gasteiger partial charge on any atom is -0.508 e. The van der Waals surface area contributed by atoms with E-state index in [0.29, 0.717) is 18.9 Å². The number of fused-ring (bicyclic) bond motifs is 1. The molecule has 3 rings (SSSR count). The van der Waals surface area contributed by atoms with Gasteiger partial charge in [0.05, 0.1) is 18.1 Å². The SMILES string of the molecule is CN(CCCCCC1c2ccc(O)cc2OCC1(C)c1ccc(O)cc1)CCCS(=O)(=O)CCCC(F)(F)C(F)(F)F. The normalized spacial score (nSPS) is 19.5. The van der Waals surface area contributed by atoms with Crippen LogP contribution in [0.5, 0.6) is 17.2 Å². The lowest BCUT2D eigenvalue weighted by Crippen LogP contribution is -2.40. The second-order valence-corrected chi connectivity index (χ2v) is 13.8. The smallest absolute Gasteiger partial charge is 0.453 e. The van der Waals surface area contributed by atoms with E-state index in [4.69, 9.17) is 4.74 Å². The highest BCUT2D eigenvalue weighted by atomic mass is 32.2. The molecule has 2 aromatic carbocycles. The molecule has 2 N–H and O–H groups in total. The summed E-state index contributed by atoms with van der Waals surface area (Å²) in [7, 11) is -1.86. The molecule has 2 aromatic rings. The van der Waals surface area contributed by atoms with Crippen LogP contribution in [0.2, 0.25) is 0 Å². The topological polar surface area (TPSA) is 87.1 Å². The highest BCUT2D eigenvalue weighted by molar-refractivity contribution is 7.91. The third kappa shape index (κ3) is 8.95. The van der Waals surface area contributed by atoms with E-state index in [1.807, 2.05) is 30.1 Å². The quantitative estimate of drug-likeness (QED) is 0.168. The van der Waals surface area contributed by atoms with Crippen LogP contribution in [0.15, 0.2) is 42.5 Å². The van der Waals surface area contributed by atoms with E-state index in [-0.39, 0.29) is 35.0 Å². The molecule has 42 heavy (non-hydrogen) atoms. The first-order valence-electron chi connectivity index (χ1n) is 14.1. The zero-order valence-corrected chi connectivity index (χ0v) is 24.8. The third-order valence-corrected chi connectivity index (χ3v) is 9.91. The molecule has 0 radical (unpaired) electrons. The standard InChI is InChI=1S/C30H40F5NO5S/c1-28(22-9-11-23(37)12-10-22)21-41-27-20-24(38)13-14-25(27)26(28)8-4-3-5-16-36(2)17-7-19-42(39,40)18-6-15-29(31,32)30(33,34)35/h9-14,20,26,37-38H,3-8,15-19,21H2,1-2H3. The zero-order valence-electron chi connectivity index (χ0n) is 24.0. The first-order chi connectivity index (χ1) is 19.5. The van der Waals surface area contributed by atoms with Gasteiger partial charge in [-0.3, -0.25) is 0 Å². The summed E-state index contributed by atoms with van der Waals surface area (Å²) < 4.78 is 93.0. The van der Waals surface area contributed by atoms with Gasteiger partial charge < -0.3 is 19.8 Å². The van der Waals surface area contributed by atoms with Crippen molar-refractivity contribution in [1.82, 2.24) is 4.90 Å². The lowest BCUT2D eigenvalue weighted by Gasteiger charge is -2.43. The molecule has 0 saturated carbocycles. The van der Waals surface area contributed by atoms with Gasteiger partial charge in [0.1, 0.15) is 27.1 Å². The van der Waals surface area contributed by atoms with Crippen LogP contribution in [0, 0.1) is 0 Å². The van der Waals surface area contributed by atoms with Crippen LogP contribution in [0.4, 0.5) is 22.0 Å². The Bertz CT molecular complexity index is 1270. The Labute approximate surface area is 244 Å². The number of unbranched alkanes of at least 4 members (excludes halogenated alkanes) is 2. The van der Waals surface area contributed by atoms with Gasteiger partial charge in [-0.25, -0.2) is 8.42 Å². The third-order valence-electron chi connectivity index (χ3n) is 8.08. The van der Waals surface area contributed by atoms with Gasteiger partial charge >= 0.3 is 12.1 Å². The van der Waals surface area contributed by atoms with Gasteiger partial charge in [-0.05, 0) is 75.1 Å². The van der Waals surface area contributed by atoms with Crippen molar-refractivity contribution in [1.29, 1.82) is 0 Å². The van der Waals surface area contributed by atoms with E-state index in [1.54, 1.807) is 24.3 Å². The Kier molecular flexibility index (Phi) is 11.1. The van der Waals surface area contributed by atoms with Crippen molar-refractivity contribution in [2.24, 2.45) is 0 Å². The Hall–Kier alpha value is -2.60. The van der Waals surface area contributed by atoms with Crippen molar-refractivity contribution < 1.29 is 45.3 Å². The van der Waals surface area contributed by atoms with Gasteiger partial charge in [-0.2, -0.15) is 22.0 Å². The summed E-state index contributed by atoms with van der Waals surface area (Å²) in [6.07, 6.45) is -4.10. The van der Waals surface area contributed by atoms with Gasteiger partial charge in [0, 0.05) is 23.8 Å². The molecular weight excluding hydrogens is 581 g/mol. The molecular formula is C30H40F5NO5S. The molecule has 6 nitrogen and oxygen atoms in total. The molecule has 12 heteroatoms. The maximum Gasteiger partial charge on any atom is 0.453 e. The number of aromatic hydroxyl groups is 2. The fraction of sp³-hybridized carbons (Fsp3) is 0.600. The fourth-order valence-corrected chi connectivity index (χ4v) is 6.90. The molecule has 1 aliphatic heterocycles. The minimum atomic E-state index is -5.68. The van der Waals surface area contributed by atoms with Crippen LogP contribution in [0.25, 0.3) is 0 Å². The van der Waals surface area contributed by atoms with E-state index in [1.165, 1.54) is 0 Å². The molecule has 2 unspecified atom stereocenters. The molecule has 0 aliphatic carbocycles. The number of hydrogen-bond acceptors (Lipinski definition) is 6. The number of hydrogen-bond donors (Lipinski definition) is 2. The fourth-order valence-electron chi connectivity index (χ4n) is 5.54. The molecule has 236 valence electrons. The van der Waals surface area contributed by atoms with Gasteiger partial charge in [-0.1, -0.05) is 38.0 Å². The number of nitrogens with zero attached hydrogens (tertiary/aromatic N) is 1. The van der Waals surface area contributed by atoms with Gasteiger partial charge in [0.25, 0.3) is 0 Å². The molecule has 0 amide bonds. The molecule has 0 saturated heterocycles. The summed E-state index contributed by atoms with van der Waals surface area (Å²) in [6, 6.07) is 12.3. The number of sulfone groups is 1. The van der Waals surface area contributed by atoms with Gasteiger partial charge in [0.15, 0.2) is 0 Å². The second-order valence-electron chi connectivity index (χ2n) is 11.5. The maximum atomic E-state index is 13.0. The number of phenolic OH excluding ortho intramolecular Hbond substituents is 2. The summed E-state index contributed by atoms with van der Waals surface area (Å²) in [5.41, 5.74) is 1.73. The molecule has 0 aromatic heterocycles. The van der Waals surface area contributed by atoms with E-state index >= 15 is 0 Å². The first kappa shape index (κ1) is 33.9. The van der Waals surface area contributed by atoms with Crippen LogP contribution >= 0.6 is 0 Å². The summed E-state index contributed by atoms with van der Waals surface area (Å²) in [5.74, 6) is -4.73. The van der Waals surface area contributed by atoms with Crippen molar-refractivity contribution in [3.63, 3.8) is 0 Å². The molecule has 0 spiro atoms. The van der Waals surface area contributed by atoms with E-state index in [2.05, 4.69) is 6.92 Å². The summed E-state index contributed by atoms with van der Waals surface area (Å²) in [6.45, 7) is 3.76. The predicted octanol–water partition coefficient (Wildman–Crippen LogP) is 6.81. The summed E-state index contributed by atoms with van der Waals surface area (Å²) in [4.78, 5) is 1.99. The highest BCUT2D eigenvalue weighted by Gasteiger charge is 2.56.